The van der Waals surface area contributed by atoms with Crippen LogP contribution in [-0.2, 0) is 15.9 Å². The molecule has 0 fully saturated rings. The van der Waals surface area contributed by atoms with Crippen LogP contribution in [0.2, 0.25) is 0 Å². The van der Waals surface area contributed by atoms with E-state index in [1.807, 2.05) is 10.2 Å². The van der Waals surface area contributed by atoms with Crippen molar-refractivity contribution in [1.29, 1.82) is 0 Å². The highest BCUT2D eigenvalue weighted by Gasteiger charge is 2.10. The van der Waals surface area contributed by atoms with Gasteiger partial charge in [0.25, 0.3) is 0 Å². The summed E-state index contributed by atoms with van der Waals surface area (Å²) in [4.78, 5) is 4.80. The Morgan fingerprint density at radius 2 is 2.09 bits per heavy atom. The first-order valence-electron chi connectivity index (χ1n) is 6.85. The molecular weight excluding hydrogens is 391 g/mol. The molecule has 0 bridgehead atoms. The summed E-state index contributed by atoms with van der Waals surface area (Å²) in [7, 11) is 10.2. The van der Waals surface area contributed by atoms with E-state index < -0.39 is 8.67 Å². The Hall–Kier alpha value is 0.647. The molecule has 0 aliphatic carbocycles. The van der Waals surface area contributed by atoms with Crippen molar-refractivity contribution >= 4 is 70.9 Å². The summed E-state index contributed by atoms with van der Waals surface area (Å²) in [6.07, 6.45) is 2.26. The molecule has 0 unspecified atom stereocenters. The van der Waals surface area contributed by atoms with Crippen molar-refractivity contribution in [3.05, 3.63) is 23.8 Å². The van der Waals surface area contributed by atoms with E-state index in [0.29, 0.717) is 0 Å². The topological polar surface area (TPSA) is 31.4 Å². The maximum atomic E-state index is 5.22. The third-order valence-corrected chi connectivity index (χ3v) is 15.7. The number of hydrogen-bond acceptors (Lipinski definition) is 8. The Morgan fingerprint density at radius 3 is 2.82 bits per heavy atom. The van der Waals surface area contributed by atoms with Gasteiger partial charge in [0, 0.05) is 14.2 Å². The van der Waals surface area contributed by atoms with Crippen LogP contribution in [-0.4, -0.2) is 33.8 Å². The maximum absolute atomic E-state index is 5.22. The Morgan fingerprint density at radius 1 is 1.27 bits per heavy atom. The number of nitrogens with zero attached hydrogens (tertiary/aromatic N) is 1. The maximum Gasteiger partial charge on any atom is 0.166 e. The second kappa shape index (κ2) is 10.5. The van der Waals surface area contributed by atoms with Gasteiger partial charge in [-0.05, 0) is 48.5 Å². The van der Waals surface area contributed by atoms with Gasteiger partial charge in [-0.3, -0.25) is 0 Å². The zero-order valence-electron chi connectivity index (χ0n) is 12.7. The number of thiazole rings is 1. The van der Waals surface area contributed by atoms with Gasteiger partial charge < -0.3 is 9.47 Å². The molecule has 22 heavy (non-hydrogen) atoms. The molecule has 122 valence electrons. The molecule has 3 nitrogen and oxygen atoms in total. The first-order chi connectivity index (χ1) is 10.8. The van der Waals surface area contributed by atoms with E-state index in [0.717, 1.165) is 17.2 Å². The van der Waals surface area contributed by atoms with Crippen LogP contribution in [0.25, 0.3) is 10.2 Å². The monoisotopic (exact) mass is 409 g/mol. The van der Waals surface area contributed by atoms with Crippen LogP contribution in [0.1, 0.15) is 18.9 Å². The Balaban J connectivity index is 1.83. The lowest BCUT2D eigenvalue weighted by Crippen LogP contribution is -2.18. The number of methoxy groups -OCH3 is 2. The molecule has 1 aromatic carbocycles. The molecule has 1 heterocycles. The van der Waals surface area contributed by atoms with Crippen molar-refractivity contribution < 1.29 is 9.47 Å². The summed E-state index contributed by atoms with van der Waals surface area (Å²) in [5.74, 6) is 0.00199. The first kappa shape index (κ1) is 19.0. The minimum atomic E-state index is -0.428. The molecule has 2 aromatic rings. The Bertz CT molecular complexity index is 579. The van der Waals surface area contributed by atoms with E-state index in [9.17, 15) is 0 Å². The Kier molecular flexibility index (Phi) is 9.06. The number of fused-ring (bicyclic) bond motifs is 1. The smallest absolute Gasteiger partial charge is 0.166 e. The fraction of sp³-hybridized carbons (Fsp3) is 0.462. The molecule has 9 heteroatoms. The van der Waals surface area contributed by atoms with Gasteiger partial charge >= 0.3 is 0 Å². The standard InChI is InChI=1S/C13H19NO2S5Si/c1-4-6-9-7-5-8-10-11(9)14-12(17-10)18-19-20-21-22-13(15-2)16-3/h5,7-8,13H,4,6,22H2,1-3H3. The summed E-state index contributed by atoms with van der Waals surface area (Å²) in [6.45, 7) is 2.21. The van der Waals surface area contributed by atoms with Crippen LogP contribution in [0.5, 0.6) is 0 Å². The van der Waals surface area contributed by atoms with Crippen molar-refractivity contribution in [2.24, 2.45) is 0 Å². The number of aromatic nitrogens is 1. The van der Waals surface area contributed by atoms with E-state index in [4.69, 9.17) is 14.5 Å². The zero-order chi connectivity index (χ0) is 15.8. The third-order valence-electron chi connectivity index (χ3n) is 2.91. The summed E-state index contributed by atoms with van der Waals surface area (Å²) in [5.41, 5.74) is 2.55. The molecule has 0 aliphatic heterocycles. The highest BCUT2D eigenvalue weighted by Crippen LogP contribution is 2.48. The van der Waals surface area contributed by atoms with Gasteiger partial charge in [-0.2, -0.15) is 0 Å². The van der Waals surface area contributed by atoms with Crippen molar-refractivity contribution in [3.8, 4) is 0 Å². The van der Waals surface area contributed by atoms with Crippen LogP contribution in [0.15, 0.2) is 22.5 Å². The molecule has 1 aromatic heterocycles. The molecule has 0 saturated carbocycles. The molecule has 0 atom stereocenters. The number of ether oxygens (including phenoxy) is 2. The molecule has 0 N–H and O–H groups in total. The summed E-state index contributed by atoms with van der Waals surface area (Å²) in [6, 6.07) is 6.50. The second-order valence-electron chi connectivity index (χ2n) is 4.40. The largest absolute Gasteiger partial charge is 0.359 e. The molecule has 0 radical (unpaired) electrons. The highest BCUT2D eigenvalue weighted by atomic mass is 33.7. The van der Waals surface area contributed by atoms with Crippen LogP contribution < -0.4 is 0 Å². The first-order valence-corrected chi connectivity index (χ1v) is 15.2. The number of aryl methyl sites for hydroxylation is 1. The number of benzene rings is 1. The predicted molar refractivity (Wildman–Crippen MR) is 109 cm³/mol. The van der Waals surface area contributed by atoms with Gasteiger partial charge in [0.15, 0.2) is 13.0 Å². The molecule has 0 amide bonds. The van der Waals surface area contributed by atoms with Crippen molar-refractivity contribution in [2.75, 3.05) is 14.2 Å². The van der Waals surface area contributed by atoms with E-state index in [2.05, 4.69) is 25.1 Å². The van der Waals surface area contributed by atoms with Gasteiger partial charge in [-0.25, -0.2) is 4.98 Å². The molecule has 0 aliphatic rings. The van der Waals surface area contributed by atoms with E-state index in [1.54, 1.807) is 56.0 Å². The lowest BCUT2D eigenvalue weighted by atomic mass is 10.1. The molecule has 2 rings (SSSR count). The average Bonchev–Trinajstić information content (AvgIpc) is 2.95. The van der Waals surface area contributed by atoms with Crippen molar-refractivity contribution in [3.63, 3.8) is 0 Å². The predicted octanol–water partition coefficient (Wildman–Crippen LogP) is 4.95. The van der Waals surface area contributed by atoms with E-state index in [-0.39, 0.29) is 5.91 Å². The van der Waals surface area contributed by atoms with Gasteiger partial charge in [0.2, 0.25) is 0 Å². The fourth-order valence-electron chi connectivity index (χ4n) is 1.87. The van der Waals surface area contributed by atoms with Gasteiger partial charge in [-0.15, -0.1) is 21.6 Å². The second-order valence-corrected chi connectivity index (χ2v) is 15.3. The molecule has 0 saturated heterocycles. The van der Waals surface area contributed by atoms with E-state index in [1.165, 1.54) is 15.8 Å². The molecule has 0 spiro atoms. The van der Waals surface area contributed by atoms with Gasteiger partial charge in [0.05, 0.1) is 10.2 Å². The van der Waals surface area contributed by atoms with Crippen LogP contribution in [0, 0.1) is 0 Å². The summed E-state index contributed by atoms with van der Waals surface area (Å²) < 4.78 is 12.9. The highest BCUT2D eigenvalue weighted by molar-refractivity contribution is 9.28. The normalized spacial score (nSPS) is 12.2. The van der Waals surface area contributed by atoms with Crippen LogP contribution >= 0.6 is 52.0 Å². The minimum absolute atomic E-state index is 0.00199. The quantitative estimate of drug-likeness (QED) is 0.238. The summed E-state index contributed by atoms with van der Waals surface area (Å²) in [5, 5.41) is 0. The van der Waals surface area contributed by atoms with Gasteiger partial charge in [0.1, 0.15) is 5.91 Å². The lowest BCUT2D eigenvalue weighted by Gasteiger charge is -2.10. The van der Waals surface area contributed by atoms with Crippen LogP contribution in [0.4, 0.5) is 0 Å². The van der Waals surface area contributed by atoms with Crippen LogP contribution in [0.3, 0.4) is 0 Å². The van der Waals surface area contributed by atoms with Crippen molar-refractivity contribution in [1.82, 2.24) is 4.98 Å². The SMILES string of the molecule is CCCc1cccc2sc(SSSS[SiH2]C(OC)OC)nc12. The minimum Gasteiger partial charge on any atom is -0.359 e. The number of rotatable bonds is 10. The average molecular weight is 410 g/mol. The third kappa shape index (κ3) is 5.62. The number of para-hydroxylation sites is 1. The fourth-order valence-corrected chi connectivity index (χ4v) is 15.7. The summed E-state index contributed by atoms with van der Waals surface area (Å²) >= 11 is 1.78. The lowest BCUT2D eigenvalue weighted by molar-refractivity contribution is -0.0420. The number of hydrogen-bond donors (Lipinski definition) is 0. The van der Waals surface area contributed by atoms with Crippen molar-refractivity contribution in [2.45, 2.75) is 30.0 Å². The zero-order valence-corrected chi connectivity index (χ0v) is 18.2. The van der Waals surface area contributed by atoms with Gasteiger partial charge in [-0.1, -0.05) is 25.5 Å². The molecular formula is C13H19NO2S5Si. The Labute approximate surface area is 152 Å². The van der Waals surface area contributed by atoms with E-state index >= 15 is 0 Å².